The number of carbonyl (C=O) groups excluding carboxylic acids is 3. The largest absolute Gasteiger partial charge is 0.496 e. The number of hydrogen-bond acceptors (Lipinski definition) is 5. The topological polar surface area (TPSA) is 69.7 Å². The smallest absolute Gasteiger partial charge is 0.308 e. The highest BCUT2D eigenvalue weighted by molar-refractivity contribution is 5.95. The highest BCUT2D eigenvalue weighted by atomic mass is 19.1. The molecule has 1 aromatic carbocycles. The lowest BCUT2D eigenvalue weighted by molar-refractivity contribution is -0.132. The fourth-order valence-electron chi connectivity index (χ4n) is 2.70. The Hall–Kier alpha value is -2.76. The van der Waals surface area contributed by atoms with Gasteiger partial charge in [-0.25, -0.2) is 4.39 Å². The van der Waals surface area contributed by atoms with Gasteiger partial charge in [0.2, 0.25) is 0 Å². The number of halogens is 1. The maximum absolute atomic E-state index is 14.4. The highest BCUT2D eigenvalue weighted by Gasteiger charge is 2.28. The average molecular weight is 392 g/mol. The molecular formula is C22H29FO5. The van der Waals surface area contributed by atoms with Crippen molar-refractivity contribution < 1.29 is 28.2 Å². The van der Waals surface area contributed by atoms with Gasteiger partial charge in [-0.3, -0.25) is 9.59 Å². The zero-order valence-corrected chi connectivity index (χ0v) is 17.4. The van der Waals surface area contributed by atoms with Crippen LogP contribution in [0.2, 0.25) is 0 Å². The molecular weight excluding hydrogens is 363 g/mol. The number of allylic oxidation sites excluding steroid dienone is 3. The zero-order chi connectivity index (χ0) is 21.9. The van der Waals surface area contributed by atoms with Gasteiger partial charge < -0.3 is 14.3 Å². The van der Waals surface area contributed by atoms with Gasteiger partial charge in [-0.2, -0.15) is 0 Å². The number of esters is 1. The minimum atomic E-state index is -0.597. The van der Waals surface area contributed by atoms with Crippen molar-refractivity contribution in [2.75, 3.05) is 7.11 Å². The Morgan fingerprint density at radius 1 is 1.32 bits per heavy atom. The molecule has 0 aromatic heterocycles. The van der Waals surface area contributed by atoms with E-state index in [2.05, 4.69) is 6.58 Å². The van der Waals surface area contributed by atoms with Crippen molar-refractivity contribution in [3.8, 4) is 11.5 Å². The highest BCUT2D eigenvalue weighted by Crippen LogP contribution is 2.43. The van der Waals surface area contributed by atoms with Crippen LogP contribution in [-0.4, -0.2) is 25.1 Å². The number of hydrogen-bond donors (Lipinski definition) is 0. The monoisotopic (exact) mass is 392 g/mol. The predicted molar refractivity (Wildman–Crippen MR) is 107 cm³/mol. The Balaban J connectivity index is 0.00000108. The minimum absolute atomic E-state index is 0.0804. The summed E-state index contributed by atoms with van der Waals surface area (Å²) in [5.41, 5.74) is 1.45. The molecule has 5 nitrogen and oxygen atoms in total. The third-order valence-electron chi connectivity index (χ3n) is 3.81. The van der Waals surface area contributed by atoms with Crippen LogP contribution in [-0.2, 0) is 14.4 Å². The van der Waals surface area contributed by atoms with E-state index >= 15 is 0 Å². The SMILES string of the molecule is C=CC.CC=O.COc1cc(C)c(F)c(OC(C)=O)c1C1C=C(C)C(=O)CC1. The van der Waals surface area contributed by atoms with Gasteiger partial charge >= 0.3 is 5.97 Å². The Labute approximate surface area is 166 Å². The molecule has 0 heterocycles. The van der Waals surface area contributed by atoms with Crippen molar-refractivity contribution in [2.24, 2.45) is 0 Å². The first-order chi connectivity index (χ1) is 13.2. The molecule has 0 saturated heterocycles. The molecule has 1 unspecified atom stereocenters. The van der Waals surface area contributed by atoms with Gasteiger partial charge in [-0.15, -0.1) is 6.58 Å². The second kappa shape index (κ2) is 12.6. The van der Waals surface area contributed by atoms with Crippen LogP contribution in [0.25, 0.3) is 0 Å². The molecule has 1 aliphatic rings. The van der Waals surface area contributed by atoms with Gasteiger partial charge in [0.15, 0.2) is 17.3 Å². The summed E-state index contributed by atoms with van der Waals surface area (Å²) >= 11 is 0. The summed E-state index contributed by atoms with van der Waals surface area (Å²) < 4.78 is 24.9. The molecule has 1 aromatic rings. The van der Waals surface area contributed by atoms with Gasteiger partial charge in [0.05, 0.1) is 7.11 Å². The van der Waals surface area contributed by atoms with E-state index in [0.717, 1.165) is 6.29 Å². The van der Waals surface area contributed by atoms with Crippen LogP contribution in [0, 0.1) is 12.7 Å². The maximum Gasteiger partial charge on any atom is 0.308 e. The van der Waals surface area contributed by atoms with E-state index in [9.17, 15) is 14.0 Å². The Bertz CT molecular complexity index is 744. The number of ketones is 1. The molecule has 0 amide bonds. The average Bonchev–Trinajstić information content (AvgIpc) is 2.62. The first-order valence-corrected chi connectivity index (χ1v) is 8.92. The number of ether oxygens (including phenoxy) is 2. The van der Waals surface area contributed by atoms with E-state index in [1.807, 2.05) is 6.92 Å². The molecule has 0 bridgehead atoms. The molecule has 28 heavy (non-hydrogen) atoms. The molecule has 1 aliphatic carbocycles. The normalized spacial score (nSPS) is 15.0. The summed E-state index contributed by atoms with van der Waals surface area (Å²) in [4.78, 5) is 31.8. The predicted octanol–water partition coefficient (Wildman–Crippen LogP) is 4.86. The van der Waals surface area contributed by atoms with Crippen LogP contribution >= 0.6 is 0 Å². The second-order valence-corrected chi connectivity index (χ2v) is 6.11. The van der Waals surface area contributed by atoms with Crippen molar-refractivity contribution in [3.63, 3.8) is 0 Å². The number of aryl methyl sites for hydroxylation is 1. The summed E-state index contributed by atoms with van der Waals surface area (Å²) in [6, 6.07) is 1.58. The van der Waals surface area contributed by atoms with Crippen molar-refractivity contribution >= 4 is 18.0 Å². The summed E-state index contributed by atoms with van der Waals surface area (Å²) in [7, 11) is 1.48. The van der Waals surface area contributed by atoms with E-state index in [-0.39, 0.29) is 17.5 Å². The minimum Gasteiger partial charge on any atom is -0.496 e. The summed E-state index contributed by atoms with van der Waals surface area (Å²) in [5, 5.41) is 0. The lowest BCUT2D eigenvalue weighted by Crippen LogP contribution is -2.15. The molecule has 0 fully saturated rings. The standard InChI is InChI=1S/C17H19FO4.C3H6.C2H4O/c1-9-7-12(5-6-13(9)20)15-14(21-4)8-10(2)16(18)17(15)22-11(3)19;1-3-2;1-2-3/h7-8,12H,5-6H2,1-4H3;3H,1H2,2H3;2H,1H3. The second-order valence-electron chi connectivity index (χ2n) is 6.11. The summed E-state index contributed by atoms with van der Waals surface area (Å²) in [6.07, 6.45) is 5.19. The van der Waals surface area contributed by atoms with E-state index in [1.165, 1.54) is 21.0 Å². The van der Waals surface area contributed by atoms with Crippen molar-refractivity contribution in [3.05, 3.63) is 47.3 Å². The fourth-order valence-corrected chi connectivity index (χ4v) is 2.70. The summed E-state index contributed by atoms with van der Waals surface area (Å²) in [6.45, 7) is 11.2. The quantitative estimate of drug-likeness (QED) is 0.318. The van der Waals surface area contributed by atoms with Gasteiger partial charge in [0.25, 0.3) is 0 Å². The molecule has 0 radical (unpaired) electrons. The van der Waals surface area contributed by atoms with Crippen molar-refractivity contribution in [1.82, 2.24) is 0 Å². The number of Topliss-reactive ketones (excluding diaryl/α,β-unsaturated/α-hetero) is 1. The third kappa shape index (κ3) is 7.10. The molecule has 0 N–H and O–H groups in total. The van der Waals surface area contributed by atoms with Crippen molar-refractivity contribution in [2.45, 2.75) is 53.4 Å². The van der Waals surface area contributed by atoms with Crippen LogP contribution in [0.15, 0.2) is 30.4 Å². The fraction of sp³-hybridized carbons (Fsp3) is 0.409. The molecule has 0 spiro atoms. The van der Waals surface area contributed by atoms with Crippen molar-refractivity contribution in [1.29, 1.82) is 0 Å². The number of rotatable bonds is 3. The van der Waals surface area contributed by atoms with Gasteiger partial charge in [0.1, 0.15) is 12.0 Å². The van der Waals surface area contributed by atoms with Gasteiger partial charge in [-0.05, 0) is 51.3 Å². The summed E-state index contributed by atoms with van der Waals surface area (Å²) in [5.74, 6) is -0.963. The Kier molecular flexibility index (Phi) is 11.4. The first-order valence-electron chi connectivity index (χ1n) is 8.92. The van der Waals surface area contributed by atoms with Gasteiger partial charge in [0, 0.05) is 24.8 Å². The molecule has 2 rings (SSSR count). The number of carbonyl (C=O) groups is 3. The number of benzene rings is 1. The number of methoxy groups -OCH3 is 1. The van der Waals surface area contributed by atoms with Crippen LogP contribution in [0.4, 0.5) is 4.39 Å². The van der Waals surface area contributed by atoms with Crippen LogP contribution in [0.1, 0.15) is 57.6 Å². The first kappa shape index (κ1) is 25.2. The lowest BCUT2D eigenvalue weighted by atomic mass is 9.84. The van der Waals surface area contributed by atoms with Crippen LogP contribution in [0.5, 0.6) is 11.5 Å². The molecule has 6 heteroatoms. The molecule has 0 saturated carbocycles. The molecule has 0 aliphatic heterocycles. The Morgan fingerprint density at radius 3 is 2.29 bits per heavy atom. The maximum atomic E-state index is 14.4. The lowest BCUT2D eigenvalue weighted by Gasteiger charge is -2.24. The Morgan fingerprint density at radius 2 is 1.86 bits per heavy atom. The van der Waals surface area contributed by atoms with E-state index in [0.29, 0.717) is 35.3 Å². The number of aldehydes is 1. The van der Waals surface area contributed by atoms with Gasteiger partial charge in [-0.1, -0.05) is 12.2 Å². The molecule has 1 atom stereocenters. The van der Waals surface area contributed by atoms with E-state index < -0.39 is 11.8 Å². The molecule has 154 valence electrons. The van der Waals surface area contributed by atoms with E-state index in [4.69, 9.17) is 14.3 Å². The van der Waals surface area contributed by atoms with E-state index in [1.54, 1.807) is 32.1 Å². The third-order valence-corrected chi connectivity index (χ3v) is 3.81. The van der Waals surface area contributed by atoms with Crippen LogP contribution < -0.4 is 9.47 Å². The zero-order valence-electron chi connectivity index (χ0n) is 17.4. The van der Waals surface area contributed by atoms with Crippen LogP contribution in [0.3, 0.4) is 0 Å².